The number of nitrogens with one attached hydrogen (secondary N) is 1. The van der Waals surface area contributed by atoms with Crippen LogP contribution in [0.1, 0.15) is 15.3 Å². The van der Waals surface area contributed by atoms with Crippen molar-refractivity contribution in [2.45, 2.75) is 13.8 Å². The molecule has 0 amide bonds. The van der Waals surface area contributed by atoms with Crippen LogP contribution in [0.15, 0.2) is 73.1 Å². The molecule has 5 rings (SSSR count). The summed E-state index contributed by atoms with van der Waals surface area (Å²) in [5.74, 6) is -0.891. The second-order valence-electron chi connectivity index (χ2n) is 7.64. The third-order valence-electron chi connectivity index (χ3n) is 5.08. The van der Waals surface area contributed by atoms with Gasteiger partial charge in [0, 0.05) is 30.3 Å². The van der Waals surface area contributed by atoms with Crippen molar-refractivity contribution in [2.75, 3.05) is 11.0 Å². The highest BCUT2D eigenvalue weighted by molar-refractivity contribution is 7.92. The fraction of sp³-hybridized carbons (Fsp3) is 0.115. The van der Waals surface area contributed by atoms with Crippen LogP contribution in [-0.4, -0.2) is 39.8 Å². The molecule has 0 bridgehead atoms. The van der Waals surface area contributed by atoms with Gasteiger partial charge in [-0.2, -0.15) is 0 Å². The number of rotatable bonds is 5. The molecule has 0 fully saturated rings. The van der Waals surface area contributed by atoms with Crippen LogP contribution in [0, 0.1) is 11.6 Å². The van der Waals surface area contributed by atoms with E-state index in [9.17, 15) is 17.2 Å². The van der Waals surface area contributed by atoms with E-state index in [0.29, 0.717) is 33.5 Å². The summed E-state index contributed by atoms with van der Waals surface area (Å²) >= 11 is 0. The van der Waals surface area contributed by atoms with Crippen molar-refractivity contribution < 1.29 is 18.6 Å². The van der Waals surface area contributed by atoms with Crippen LogP contribution < -0.4 is 4.72 Å². The van der Waals surface area contributed by atoms with Crippen molar-refractivity contribution in [3.05, 3.63) is 84.7 Å². The second kappa shape index (κ2) is 10.7. The quantitative estimate of drug-likeness (QED) is 0.313. The van der Waals surface area contributed by atoms with E-state index in [2.05, 4.69) is 29.9 Å². The van der Waals surface area contributed by atoms with Crippen molar-refractivity contribution in [1.82, 2.24) is 25.1 Å². The van der Waals surface area contributed by atoms with Gasteiger partial charge in [0.2, 0.25) is 10.0 Å². The Kier molecular flexibility index (Phi) is 7.44. The number of halogens is 2. The summed E-state index contributed by atoms with van der Waals surface area (Å²) in [5.41, 5.74) is 2.14. The van der Waals surface area contributed by atoms with Gasteiger partial charge in [0.15, 0.2) is 5.82 Å². The molecule has 11 heteroatoms. The molecule has 0 atom stereocenters. The predicted molar refractivity (Wildman–Crippen MR) is 141 cm³/mol. The van der Waals surface area contributed by atoms with Crippen LogP contribution in [-0.2, 0) is 10.0 Å². The zero-order chi connectivity index (χ0) is 26.6. The number of nitrogens with zero attached hydrogens (tertiary/aromatic N) is 5. The van der Waals surface area contributed by atoms with Gasteiger partial charge in [-0.15, -0.1) is 10.2 Å². The molecule has 0 aliphatic rings. The van der Waals surface area contributed by atoms with Crippen LogP contribution >= 0.6 is 0 Å². The molecule has 8 nitrogen and oxygen atoms in total. The topological polar surface area (TPSA) is 111 Å². The number of fused-ring (bicyclic) bond motifs is 1. The van der Waals surface area contributed by atoms with Crippen molar-refractivity contribution in [3.8, 4) is 33.9 Å². The molecule has 0 aliphatic heterocycles. The zero-order valence-corrected chi connectivity index (χ0v) is 21.0. The molecule has 3 aromatic heterocycles. The van der Waals surface area contributed by atoms with Gasteiger partial charge in [-0.25, -0.2) is 32.2 Å². The Morgan fingerprint density at radius 3 is 2.27 bits per heavy atom. The van der Waals surface area contributed by atoms with Crippen LogP contribution in [0.4, 0.5) is 14.6 Å². The molecule has 0 saturated heterocycles. The molecule has 0 unspecified atom stereocenters. The van der Waals surface area contributed by atoms with Crippen molar-refractivity contribution in [1.29, 1.82) is 0 Å². The lowest BCUT2D eigenvalue weighted by atomic mass is 10.0. The summed E-state index contributed by atoms with van der Waals surface area (Å²) in [6.45, 7) is 4.00. The van der Waals surface area contributed by atoms with E-state index in [0.717, 1.165) is 6.26 Å². The Bertz CT molecular complexity index is 1670. The Hall–Kier alpha value is -4.38. The van der Waals surface area contributed by atoms with Crippen LogP contribution in [0.25, 0.3) is 44.8 Å². The van der Waals surface area contributed by atoms with E-state index < -0.39 is 21.7 Å². The van der Waals surface area contributed by atoms with Crippen LogP contribution in [0.5, 0.6) is 0 Å². The number of hydrogen-bond acceptors (Lipinski definition) is 7. The number of sulfonamides is 1. The van der Waals surface area contributed by atoms with E-state index in [4.69, 9.17) is 0 Å². The number of anilines is 1. The first-order valence-electron chi connectivity index (χ1n) is 11.3. The fourth-order valence-corrected chi connectivity index (χ4v) is 4.07. The first-order valence-corrected chi connectivity index (χ1v) is 13.2. The maximum atomic E-state index is 14.2. The first-order chi connectivity index (χ1) is 17.8. The average Bonchev–Trinajstić information content (AvgIpc) is 2.89. The molecule has 0 spiro atoms. The smallest absolute Gasteiger partial charge is 0.230 e. The summed E-state index contributed by atoms with van der Waals surface area (Å²) in [6.07, 6.45) is 4.08. The number of hydrogen-bond donors (Lipinski definition) is 1. The van der Waals surface area contributed by atoms with Gasteiger partial charge in [-0.1, -0.05) is 38.1 Å². The number of aromatic nitrogens is 5. The van der Waals surface area contributed by atoms with Gasteiger partial charge < -0.3 is 0 Å². The number of pyridine rings is 1. The molecule has 0 aliphatic carbocycles. The number of benzene rings is 2. The van der Waals surface area contributed by atoms with Gasteiger partial charge in [0.1, 0.15) is 23.0 Å². The summed E-state index contributed by atoms with van der Waals surface area (Å²) < 4.78 is 53.5. The largest absolute Gasteiger partial charge is 0.268 e. The van der Waals surface area contributed by atoms with Crippen molar-refractivity contribution >= 4 is 26.7 Å². The third-order valence-corrected chi connectivity index (χ3v) is 5.66. The van der Waals surface area contributed by atoms with Crippen molar-refractivity contribution in [2.24, 2.45) is 0 Å². The molecule has 3 heterocycles. The molecule has 0 radical (unpaired) electrons. The molecule has 1 N–H and O–H groups in total. The molecular weight excluding hydrogens is 498 g/mol. The van der Waals surface area contributed by atoms with E-state index in [1.165, 1.54) is 30.5 Å². The summed E-state index contributed by atoms with van der Waals surface area (Å²) in [5, 5.41) is 8.94. The highest BCUT2D eigenvalue weighted by Gasteiger charge is 2.16. The van der Waals surface area contributed by atoms with Gasteiger partial charge in [-0.05, 0) is 36.4 Å². The van der Waals surface area contributed by atoms with E-state index in [1.807, 2.05) is 19.9 Å². The van der Waals surface area contributed by atoms with Gasteiger partial charge in [0.05, 0.1) is 23.2 Å². The Morgan fingerprint density at radius 1 is 0.865 bits per heavy atom. The monoisotopic (exact) mass is 522 g/mol. The summed E-state index contributed by atoms with van der Waals surface area (Å²) in [7, 11) is -3.44. The molecule has 0 saturated carbocycles. The SMILES string of the molecule is CC.CS(=O)(=O)Nc1ccc(-c2nccc(-c3cccc4cc(-c5c(F)cccc5F)nnc34)n2)cn1.[HH]. The highest BCUT2D eigenvalue weighted by Crippen LogP contribution is 2.30. The van der Waals surface area contributed by atoms with Crippen LogP contribution in [0.2, 0.25) is 0 Å². The van der Waals surface area contributed by atoms with E-state index in [1.54, 1.807) is 36.5 Å². The second-order valence-corrected chi connectivity index (χ2v) is 9.39. The van der Waals surface area contributed by atoms with Crippen LogP contribution in [0.3, 0.4) is 0 Å². The maximum absolute atomic E-state index is 14.2. The van der Waals surface area contributed by atoms with E-state index in [-0.39, 0.29) is 18.5 Å². The molecule has 5 aromatic rings. The minimum Gasteiger partial charge on any atom is -0.268 e. The normalized spacial score (nSPS) is 11.1. The minimum atomic E-state index is -3.44. The van der Waals surface area contributed by atoms with E-state index >= 15 is 0 Å². The fourth-order valence-electron chi connectivity index (χ4n) is 3.57. The minimum absolute atomic E-state index is 0. The predicted octanol–water partition coefficient (Wildman–Crippen LogP) is 5.74. The maximum Gasteiger partial charge on any atom is 0.230 e. The Balaban J connectivity index is 0.00000130. The standard InChI is InChI=1S/C24H16F2N6O2S.C2H6.H2/c1-35(33,34)32-21-9-8-15(13-28-21)24-27-11-10-19(29-24)16-5-2-4-14-12-20(30-31-23(14)16)22-17(25)6-3-7-18(22)26;1-2;/h2-13H,1H3,(H,28,32);1-2H3;1H. The Morgan fingerprint density at radius 2 is 1.59 bits per heavy atom. The molecule has 190 valence electrons. The summed E-state index contributed by atoms with van der Waals surface area (Å²) in [6, 6.07) is 15.4. The molecule has 37 heavy (non-hydrogen) atoms. The lowest BCUT2D eigenvalue weighted by Gasteiger charge is -2.09. The zero-order valence-electron chi connectivity index (χ0n) is 20.1. The summed E-state index contributed by atoms with van der Waals surface area (Å²) in [4.78, 5) is 13.0. The average molecular weight is 523 g/mol. The van der Waals surface area contributed by atoms with Gasteiger partial charge >= 0.3 is 0 Å². The molecular formula is C26H24F2N6O2S. The lowest BCUT2D eigenvalue weighted by Crippen LogP contribution is -2.10. The van der Waals surface area contributed by atoms with Crippen molar-refractivity contribution in [3.63, 3.8) is 0 Å². The highest BCUT2D eigenvalue weighted by atomic mass is 32.2. The Labute approximate surface area is 214 Å². The van der Waals surface area contributed by atoms with Gasteiger partial charge in [-0.3, -0.25) is 4.72 Å². The molecule has 2 aromatic carbocycles. The first kappa shape index (κ1) is 25.7. The lowest BCUT2D eigenvalue weighted by molar-refractivity contribution is 0.588. The third kappa shape index (κ3) is 5.72. The van der Waals surface area contributed by atoms with Gasteiger partial charge in [0.25, 0.3) is 0 Å².